The number of benzene rings is 2. The molecule has 220 valence electrons. The van der Waals surface area contributed by atoms with Gasteiger partial charge in [0.15, 0.2) is 5.78 Å². The summed E-state index contributed by atoms with van der Waals surface area (Å²) in [5.74, 6) is 3.60. The first-order chi connectivity index (χ1) is 20.1. The van der Waals surface area contributed by atoms with Crippen molar-refractivity contribution in [2.24, 2.45) is 5.92 Å². The van der Waals surface area contributed by atoms with Crippen molar-refractivity contribution < 1.29 is 18.4 Å². The van der Waals surface area contributed by atoms with E-state index in [-0.39, 0.29) is 24.5 Å². The lowest BCUT2D eigenvalue weighted by Crippen LogP contribution is -2.30. The van der Waals surface area contributed by atoms with Gasteiger partial charge in [0.2, 0.25) is 5.92 Å². The molecule has 1 saturated carbocycles. The van der Waals surface area contributed by atoms with E-state index in [1.165, 1.54) is 5.56 Å². The summed E-state index contributed by atoms with van der Waals surface area (Å²) in [6.45, 7) is 9.78. The van der Waals surface area contributed by atoms with Crippen molar-refractivity contribution in [2.75, 3.05) is 11.9 Å². The van der Waals surface area contributed by atoms with Crippen LogP contribution < -0.4 is 10.6 Å². The smallest absolute Gasteiger partial charge is 0.319 e. The molecule has 6 heteroatoms. The van der Waals surface area contributed by atoms with Crippen LogP contribution in [0.5, 0.6) is 0 Å². The van der Waals surface area contributed by atoms with Crippen LogP contribution in [0, 0.1) is 24.7 Å². The number of carbonyl (C=O) groups excluding carboxylic acids is 2. The standard InChI is InChI=1S/C36H40F2N2O2/c1-4-5-7-27-11-15-30(16-12-27)29-9-6-8-28(13-17-29)22-34(41)31-14-10-26(3)33(23-31)40-35(42)39-21-19-25(2)32-18-20-36(37,38)24-32/h4,8,10-12,14-16,23,29,32H,1-2,6,9,13,17-22,24H2,3H3,(H2,39,40,42). The third-order valence-electron chi connectivity index (χ3n) is 8.37. The predicted octanol–water partition coefficient (Wildman–Crippen LogP) is 8.89. The molecule has 2 amide bonds. The molecular formula is C36H40F2N2O2. The molecular weight excluding hydrogens is 530 g/mol. The first-order valence-electron chi connectivity index (χ1n) is 14.8. The largest absolute Gasteiger partial charge is 0.338 e. The van der Waals surface area contributed by atoms with Gasteiger partial charge in [-0.25, -0.2) is 13.6 Å². The number of allylic oxidation sites excluding steroid dienone is 3. The maximum atomic E-state index is 13.5. The average molecular weight is 571 g/mol. The zero-order chi connectivity index (χ0) is 30.1. The molecule has 2 aliphatic carbocycles. The van der Waals surface area contributed by atoms with Crippen molar-refractivity contribution in [3.05, 3.63) is 101 Å². The molecule has 0 spiro atoms. The van der Waals surface area contributed by atoms with E-state index in [4.69, 9.17) is 0 Å². The lowest BCUT2D eigenvalue weighted by atomic mass is 9.90. The molecule has 42 heavy (non-hydrogen) atoms. The minimum atomic E-state index is -2.61. The molecule has 4 nitrogen and oxygen atoms in total. The van der Waals surface area contributed by atoms with E-state index in [2.05, 4.69) is 66.0 Å². The van der Waals surface area contributed by atoms with Crippen LogP contribution in [0.25, 0.3) is 0 Å². The average Bonchev–Trinajstić information content (AvgIpc) is 3.18. The fourth-order valence-corrected chi connectivity index (χ4v) is 5.81. The first kappa shape index (κ1) is 31.0. The lowest BCUT2D eigenvalue weighted by molar-refractivity contribution is 0.00627. The Morgan fingerprint density at radius 2 is 1.90 bits per heavy atom. The summed E-state index contributed by atoms with van der Waals surface area (Å²) < 4.78 is 27.0. The van der Waals surface area contributed by atoms with Crippen molar-refractivity contribution in [2.45, 2.75) is 76.6 Å². The highest BCUT2D eigenvalue weighted by atomic mass is 19.3. The predicted molar refractivity (Wildman–Crippen MR) is 166 cm³/mol. The monoisotopic (exact) mass is 570 g/mol. The fourth-order valence-electron chi connectivity index (χ4n) is 5.81. The highest BCUT2D eigenvalue weighted by Crippen LogP contribution is 2.42. The SMILES string of the molecule is C=CC#Cc1ccc(C2CCC=C(CC(=O)c3ccc(C)c(NC(=O)NCCC(=C)C4CCC(F)(F)C4)c3)CC2)cc1. The molecule has 0 bridgehead atoms. The molecule has 2 N–H and O–H groups in total. The first-order valence-corrected chi connectivity index (χ1v) is 14.8. The van der Waals surface area contributed by atoms with Crippen molar-refractivity contribution in [3.63, 3.8) is 0 Å². The molecule has 2 aliphatic rings. The van der Waals surface area contributed by atoms with Gasteiger partial charge in [-0.3, -0.25) is 4.79 Å². The minimum Gasteiger partial charge on any atom is -0.338 e. The zero-order valence-electron chi connectivity index (χ0n) is 24.4. The number of urea groups is 1. The molecule has 1 fully saturated rings. The van der Waals surface area contributed by atoms with E-state index in [0.29, 0.717) is 43.0 Å². The number of Topliss-reactive ketones (excluding diaryl/α,β-unsaturated/α-hetero) is 1. The Balaban J connectivity index is 1.26. The third kappa shape index (κ3) is 8.76. The number of amides is 2. The summed E-state index contributed by atoms with van der Waals surface area (Å²) >= 11 is 0. The summed E-state index contributed by atoms with van der Waals surface area (Å²) in [5.41, 5.74) is 6.16. The summed E-state index contributed by atoms with van der Waals surface area (Å²) in [4.78, 5) is 25.8. The summed E-state index contributed by atoms with van der Waals surface area (Å²) in [6, 6.07) is 13.4. The number of anilines is 1. The number of alkyl halides is 2. The van der Waals surface area contributed by atoms with E-state index in [0.717, 1.165) is 48.0 Å². The van der Waals surface area contributed by atoms with E-state index >= 15 is 0 Å². The van der Waals surface area contributed by atoms with Crippen LogP contribution in [0.1, 0.15) is 90.8 Å². The third-order valence-corrected chi connectivity index (χ3v) is 8.37. The van der Waals surface area contributed by atoms with Gasteiger partial charge in [0.1, 0.15) is 0 Å². The Morgan fingerprint density at radius 3 is 2.62 bits per heavy atom. The Labute approximate surface area is 248 Å². The van der Waals surface area contributed by atoms with E-state index < -0.39 is 12.0 Å². The van der Waals surface area contributed by atoms with Gasteiger partial charge >= 0.3 is 6.03 Å². The highest BCUT2D eigenvalue weighted by Gasteiger charge is 2.40. The van der Waals surface area contributed by atoms with Gasteiger partial charge in [-0.15, -0.1) is 0 Å². The number of nitrogens with one attached hydrogen (secondary N) is 2. The van der Waals surface area contributed by atoms with Gasteiger partial charge in [0, 0.05) is 42.6 Å². The number of hydrogen-bond acceptors (Lipinski definition) is 2. The molecule has 4 rings (SSSR count). The second kappa shape index (κ2) is 14.3. The zero-order valence-corrected chi connectivity index (χ0v) is 24.4. The summed E-state index contributed by atoms with van der Waals surface area (Å²) in [7, 11) is 0. The number of ketones is 1. The van der Waals surface area contributed by atoms with Gasteiger partial charge in [0.25, 0.3) is 0 Å². The van der Waals surface area contributed by atoms with E-state index in [1.54, 1.807) is 18.2 Å². The molecule has 0 aliphatic heterocycles. The lowest BCUT2D eigenvalue weighted by Gasteiger charge is -2.15. The Hall–Kier alpha value is -3.98. The second-order valence-corrected chi connectivity index (χ2v) is 11.5. The van der Waals surface area contributed by atoms with Crippen LogP contribution in [0.4, 0.5) is 19.3 Å². The van der Waals surface area contributed by atoms with Crippen LogP contribution in [-0.4, -0.2) is 24.3 Å². The fraction of sp³-hybridized carbons (Fsp3) is 0.389. The quantitative estimate of drug-likeness (QED) is 0.180. The molecule has 0 saturated heterocycles. The molecule has 0 aromatic heterocycles. The van der Waals surface area contributed by atoms with Gasteiger partial charge in [-0.2, -0.15) is 0 Å². The maximum absolute atomic E-state index is 13.5. The number of hydrogen-bond donors (Lipinski definition) is 2. The van der Waals surface area contributed by atoms with Crippen molar-refractivity contribution in [1.29, 1.82) is 0 Å². The highest BCUT2D eigenvalue weighted by molar-refractivity contribution is 5.99. The Bertz CT molecular complexity index is 1410. The number of halogens is 2. The van der Waals surface area contributed by atoms with Gasteiger partial charge in [-0.1, -0.05) is 66.5 Å². The van der Waals surface area contributed by atoms with Gasteiger partial charge in [-0.05, 0) is 92.7 Å². The van der Waals surface area contributed by atoms with Gasteiger partial charge in [0.05, 0.1) is 0 Å². The molecule has 2 aromatic rings. The molecule has 2 atom stereocenters. The van der Waals surface area contributed by atoms with Crippen LogP contribution in [-0.2, 0) is 0 Å². The normalized spacial score (nSPS) is 19.5. The van der Waals surface area contributed by atoms with Crippen LogP contribution in [0.15, 0.2) is 78.9 Å². The molecule has 0 heterocycles. The Morgan fingerprint density at radius 1 is 1.12 bits per heavy atom. The Kier molecular flexibility index (Phi) is 10.5. The van der Waals surface area contributed by atoms with Crippen LogP contribution >= 0.6 is 0 Å². The summed E-state index contributed by atoms with van der Waals surface area (Å²) in [5, 5.41) is 5.62. The number of carbonyl (C=O) groups is 2. The van der Waals surface area contributed by atoms with Crippen molar-refractivity contribution in [1.82, 2.24) is 5.32 Å². The van der Waals surface area contributed by atoms with Crippen LogP contribution in [0.2, 0.25) is 0 Å². The number of aryl methyl sites for hydroxylation is 1. The molecule has 2 aromatic carbocycles. The molecule has 2 unspecified atom stereocenters. The van der Waals surface area contributed by atoms with Gasteiger partial charge < -0.3 is 10.6 Å². The van der Waals surface area contributed by atoms with E-state index in [9.17, 15) is 18.4 Å². The minimum absolute atomic E-state index is 0.0259. The molecule has 0 radical (unpaired) electrons. The van der Waals surface area contributed by atoms with E-state index in [1.807, 2.05) is 13.0 Å². The second-order valence-electron chi connectivity index (χ2n) is 11.5. The summed E-state index contributed by atoms with van der Waals surface area (Å²) in [6.07, 6.45) is 8.65. The maximum Gasteiger partial charge on any atom is 0.319 e. The topological polar surface area (TPSA) is 58.2 Å². The van der Waals surface area contributed by atoms with Crippen LogP contribution in [0.3, 0.4) is 0 Å². The number of rotatable bonds is 9. The van der Waals surface area contributed by atoms with Crippen molar-refractivity contribution >= 4 is 17.5 Å². The van der Waals surface area contributed by atoms with Crippen molar-refractivity contribution in [3.8, 4) is 11.8 Å².